The Morgan fingerprint density at radius 2 is 1.90 bits per heavy atom. The summed E-state index contributed by atoms with van der Waals surface area (Å²) in [5.41, 5.74) is 1.20. The highest BCUT2D eigenvalue weighted by atomic mass is 32.1. The molecule has 1 unspecified atom stereocenters. The number of hydrogen-bond acceptors (Lipinski definition) is 7. The van der Waals surface area contributed by atoms with E-state index in [4.69, 9.17) is 14.2 Å². The molecular weight excluding hydrogens is 406 g/mol. The summed E-state index contributed by atoms with van der Waals surface area (Å²) in [5, 5.41) is 3.09. The largest absolute Gasteiger partial charge is 0.462 e. The Bertz CT molecular complexity index is 888. The van der Waals surface area contributed by atoms with Gasteiger partial charge in [-0.2, -0.15) is 0 Å². The van der Waals surface area contributed by atoms with E-state index in [9.17, 15) is 14.4 Å². The van der Waals surface area contributed by atoms with Gasteiger partial charge in [0.2, 0.25) is 0 Å². The van der Waals surface area contributed by atoms with Crippen LogP contribution in [0.4, 0.5) is 5.00 Å². The highest BCUT2D eigenvalue weighted by Crippen LogP contribution is 2.36. The topological polar surface area (TPSA) is 90.9 Å². The maximum atomic E-state index is 12.7. The van der Waals surface area contributed by atoms with Crippen molar-refractivity contribution in [1.82, 2.24) is 0 Å². The second-order valence-corrected chi connectivity index (χ2v) is 7.95. The van der Waals surface area contributed by atoms with Crippen LogP contribution < -0.4 is 5.32 Å². The van der Waals surface area contributed by atoms with E-state index in [1.54, 1.807) is 13.0 Å². The first-order valence-electron chi connectivity index (χ1n) is 9.95. The van der Waals surface area contributed by atoms with Gasteiger partial charge in [0.05, 0.1) is 18.1 Å². The lowest BCUT2D eigenvalue weighted by molar-refractivity contribution is -0.160. The first-order valence-corrected chi connectivity index (χ1v) is 10.8. The third kappa shape index (κ3) is 5.46. The molecule has 1 fully saturated rings. The molecule has 7 nitrogen and oxygen atoms in total. The van der Waals surface area contributed by atoms with E-state index in [0.717, 1.165) is 10.4 Å². The molecule has 0 spiro atoms. The molecule has 1 aliphatic rings. The van der Waals surface area contributed by atoms with Crippen molar-refractivity contribution in [1.29, 1.82) is 0 Å². The molecule has 0 saturated carbocycles. The summed E-state index contributed by atoms with van der Waals surface area (Å²) in [5.74, 6) is -1.67. The second-order valence-electron chi connectivity index (χ2n) is 6.89. The minimum Gasteiger partial charge on any atom is -0.462 e. The lowest BCUT2D eigenvalue weighted by Gasteiger charge is -2.22. The molecule has 2 heterocycles. The van der Waals surface area contributed by atoms with Crippen molar-refractivity contribution < 1.29 is 28.6 Å². The van der Waals surface area contributed by atoms with Crippen LogP contribution in [-0.2, 0) is 23.8 Å². The van der Waals surface area contributed by atoms with E-state index < -0.39 is 23.9 Å². The van der Waals surface area contributed by atoms with Crippen molar-refractivity contribution in [2.24, 2.45) is 5.92 Å². The van der Waals surface area contributed by atoms with Gasteiger partial charge in [-0.25, -0.2) is 4.79 Å². The number of hydrogen-bond donors (Lipinski definition) is 1. The number of ether oxygens (including phenoxy) is 3. The molecule has 0 aliphatic carbocycles. The van der Waals surface area contributed by atoms with E-state index in [-0.39, 0.29) is 18.1 Å². The van der Waals surface area contributed by atoms with Crippen molar-refractivity contribution in [3.63, 3.8) is 0 Å². The zero-order valence-electron chi connectivity index (χ0n) is 17.0. The number of rotatable bonds is 7. The molecule has 1 N–H and O–H groups in total. The number of nitrogens with one attached hydrogen (secondary N) is 1. The van der Waals surface area contributed by atoms with Crippen molar-refractivity contribution >= 4 is 34.2 Å². The molecule has 0 bridgehead atoms. The van der Waals surface area contributed by atoms with Crippen LogP contribution in [0.3, 0.4) is 0 Å². The lowest BCUT2D eigenvalue weighted by atomic mass is 10.0. The SMILES string of the molecule is CCOC(=O)c1cc(-c2ccccc2)sc1NC(=O)C(C)OC(=O)C1CCOCC1. The van der Waals surface area contributed by atoms with Gasteiger partial charge >= 0.3 is 11.9 Å². The van der Waals surface area contributed by atoms with E-state index in [2.05, 4.69) is 5.32 Å². The average molecular weight is 432 g/mol. The van der Waals surface area contributed by atoms with Crippen molar-refractivity contribution in [2.45, 2.75) is 32.8 Å². The van der Waals surface area contributed by atoms with Gasteiger partial charge < -0.3 is 19.5 Å². The molecule has 1 atom stereocenters. The molecule has 0 radical (unpaired) electrons. The van der Waals surface area contributed by atoms with Crippen LogP contribution in [0.2, 0.25) is 0 Å². The summed E-state index contributed by atoms with van der Waals surface area (Å²) in [6.45, 7) is 4.49. The van der Waals surface area contributed by atoms with E-state index in [1.807, 2.05) is 30.3 Å². The van der Waals surface area contributed by atoms with Crippen molar-refractivity contribution in [3.8, 4) is 10.4 Å². The van der Waals surface area contributed by atoms with Gasteiger partial charge in [0, 0.05) is 18.1 Å². The van der Waals surface area contributed by atoms with Crippen LogP contribution in [0.25, 0.3) is 10.4 Å². The monoisotopic (exact) mass is 431 g/mol. The second kappa shape index (κ2) is 10.4. The molecule has 160 valence electrons. The number of amides is 1. The van der Waals surface area contributed by atoms with Crippen LogP contribution in [-0.4, -0.2) is 43.8 Å². The van der Waals surface area contributed by atoms with Gasteiger partial charge in [-0.3, -0.25) is 9.59 Å². The summed E-state index contributed by atoms with van der Waals surface area (Å²) in [6, 6.07) is 11.2. The quantitative estimate of drug-likeness (QED) is 0.669. The fourth-order valence-electron chi connectivity index (χ4n) is 3.06. The molecule has 1 aromatic heterocycles. The Labute approximate surface area is 179 Å². The third-order valence-electron chi connectivity index (χ3n) is 4.74. The predicted molar refractivity (Wildman–Crippen MR) is 113 cm³/mol. The zero-order valence-corrected chi connectivity index (χ0v) is 17.8. The number of carbonyl (C=O) groups excluding carboxylic acids is 3. The predicted octanol–water partition coefficient (Wildman–Crippen LogP) is 3.89. The van der Waals surface area contributed by atoms with Gasteiger partial charge in [0.25, 0.3) is 5.91 Å². The van der Waals surface area contributed by atoms with E-state index in [0.29, 0.717) is 31.1 Å². The molecule has 3 rings (SSSR count). The Hall–Kier alpha value is -2.71. The summed E-state index contributed by atoms with van der Waals surface area (Å²) < 4.78 is 15.7. The highest BCUT2D eigenvalue weighted by Gasteiger charge is 2.28. The maximum absolute atomic E-state index is 12.7. The van der Waals surface area contributed by atoms with Crippen LogP contribution in [0, 0.1) is 5.92 Å². The van der Waals surface area contributed by atoms with Gasteiger partial charge in [-0.1, -0.05) is 30.3 Å². The van der Waals surface area contributed by atoms with Crippen LogP contribution >= 0.6 is 11.3 Å². The Morgan fingerprint density at radius 3 is 2.57 bits per heavy atom. The summed E-state index contributed by atoms with van der Waals surface area (Å²) >= 11 is 1.27. The summed E-state index contributed by atoms with van der Waals surface area (Å²) in [4.78, 5) is 38.1. The molecule has 2 aromatic rings. The minimum absolute atomic E-state index is 0.224. The smallest absolute Gasteiger partial charge is 0.341 e. The van der Waals surface area contributed by atoms with Gasteiger partial charge in [-0.15, -0.1) is 11.3 Å². The van der Waals surface area contributed by atoms with Gasteiger partial charge in [0.15, 0.2) is 6.10 Å². The number of thiophene rings is 1. The number of benzene rings is 1. The normalized spacial score (nSPS) is 15.3. The van der Waals surface area contributed by atoms with Crippen molar-refractivity contribution in [3.05, 3.63) is 42.0 Å². The standard InChI is InChI=1S/C22H25NO6S/c1-3-28-22(26)17-13-18(15-7-5-4-6-8-15)30-20(17)23-19(24)14(2)29-21(25)16-9-11-27-12-10-16/h4-8,13-14,16H,3,9-12H2,1-2H3,(H,23,24). The fourth-order valence-corrected chi connectivity index (χ4v) is 4.11. The molecule has 1 amide bonds. The van der Waals surface area contributed by atoms with E-state index >= 15 is 0 Å². The average Bonchev–Trinajstić information content (AvgIpc) is 3.19. The molecule has 1 saturated heterocycles. The summed E-state index contributed by atoms with van der Waals surface area (Å²) in [7, 11) is 0. The Kier molecular flexibility index (Phi) is 7.59. The first-order chi connectivity index (χ1) is 14.5. The molecular formula is C22H25NO6S. The van der Waals surface area contributed by atoms with Crippen molar-refractivity contribution in [2.75, 3.05) is 25.1 Å². The highest BCUT2D eigenvalue weighted by molar-refractivity contribution is 7.20. The Morgan fingerprint density at radius 1 is 1.20 bits per heavy atom. The lowest BCUT2D eigenvalue weighted by Crippen LogP contribution is -2.34. The maximum Gasteiger partial charge on any atom is 0.341 e. The van der Waals surface area contributed by atoms with Gasteiger partial charge in [-0.05, 0) is 38.3 Å². The number of esters is 2. The van der Waals surface area contributed by atoms with Gasteiger partial charge in [0.1, 0.15) is 5.00 Å². The third-order valence-corrected chi connectivity index (χ3v) is 5.84. The van der Waals surface area contributed by atoms with Crippen LogP contribution in [0.1, 0.15) is 37.0 Å². The van der Waals surface area contributed by atoms with Crippen LogP contribution in [0.15, 0.2) is 36.4 Å². The first kappa shape index (κ1) is 22.0. The molecule has 30 heavy (non-hydrogen) atoms. The minimum atomic E-state index is -0.988. The molecule has 8 heteroatoms. The number of carbonyl (C=O) groups is 3. The molecule has 1 aromatic carbocycles. The zero-order chi connectivity index (χ0) is 21.5. The Balaban J connectivity index is 1.73. The van der Waals surface area contributed by atoms with E-state index in [1.165, 1.54) is 18.3 Å². The molecule has 1 aliphatic heterocycles. The van der Waals surface area contributed by atoms with Crippen LogP contribution in [0.5, 0.6) is 0 Å². The summed E-state index contributed by atoms with van der Waals surface area (Å²) in [6.07, 6.45) is 0.189. The number of anilines is 1. The fraction of sp³-hybridized carbons (Fsp3) is 0.409.